The average Bonchev–Trinajstić information content (AvgIpc) is 0.999. The van der Waals surface area contributed by atoms with Gasteiger partial charge in [-0.2, -0.15) is 0 Å². The standard InChI is InChI=1S/C59H118N24O12/c60-28-8-1-18-38(75-48(85)37(67)17-15-35-73-58(69)70)49(86)82-45(26-27-47(68)84)56(93)80-42(22-5-12-32-64)52(89)76-39(19-2-9-29-61)50(87)77-41(21-4-11-31-63)53(90)81-44(25-16-36-74-59(71)72)54(91)78-40(20-3-10-30-62)51(88)79-43(23-6-13-33-65)55(92)83-46(57(94)95)24-7-14-34-66/h37-46H,1-36,60-67H2,(H2,68,84)(H,75,85)(H,76,89)(H,77,87)(H,78,91)(H,79,88)(H,80,93)(H,81,90)(H,82,86)(H,83,92)(H,94,95)(H4,69,70,73)(H4,71,72,74)/t37-,38-,39-,40-,41-,42-,43-,44-,45-,46-/m0/s1. The van der Waals surface area contributed by atoms with Crippen LogP contribution in [0.15, 0.2) is 9.98 Å². The number of primary amides is 1. The Balaban J connectivity index is 7.26. The molecule has 10 atom stereocenters. The minimum atomic E-state index is -1.49. The summed E-state index contributed by atoms with van der Waals surface area (Å²) >= 11 is 0. The van der Waals surface area contributed by atoms with Crippen LogP contribution in [0.5, 0.6) is 0 Å². The van der Waals surface area contributed by atoms with Gasteiger partial charge in [-0.15, -0.1) is 0 Å². The van der Waals surface area contributed by atoms with Crippen LogP contribution in [0.1, 0.15) is 173 Å². The van der Waals surface area contributed by atoms with Gasteiger partial charge in [0.05, 0.1) is 6.04 Å². The van der Waals surface area contributed by atoms with Gasteiger partial charge in [-0.1, -0.05) is 0 Å². The summed E-state index contributed by atoms with van der Waals surface area (Å²) < 4.78 is 0. The number of hydrogen-bond acceptors (Lipinski definition) is 21. The minimum Gasteiger partial charge on any atom is -0.480 e. The first-order valence-electron chi connectivity index (χ1n) is 33.4. The Morgan fingerprint density at radius 3 is 0.695 bits per heavy atom. The second kappa shape index (κ2) is 53.6. The number of nitrogens with zero attached hydrogens (tertiary/aromatic N) is 2. The summed E-state index contributed by atoms with van der Waals surface area (Å²) in [6, 6.07) is -13.1. The Hall–Kier alpha value is -7.61. The SMILES string of the molecule is NCCCC[C@H](NC(=O)[C@H](CCCCN)NC(=O)[C@H](CCCCN)NC(=O)[C@H](CCCN=C(N)N)NC(=O)[C@H](CCCCN)NC(=O)[C@H](CCCCN)NC(=O)[C@H](CCCCN)NC(=O)[C@H](CCC(N)=O)NC(=O)[C@H](CCCCN)NC(=O)[C@@H](N)CCCN=C(N)N)C(=O)O. The van der Waals surface area contributed by atoms with Crippen molar-refractivity contribution in [2.45, 2.75) is 234 Å². The average molecular weight is 1360 g/mol. The summed E-state index contributed by atoms with van der Waals surface area (Å²) in [5.41, 5.74) is 74.0. The Morgan fingerprint density at radius 1 is 0.274 bits per heavy atom. The predicted molar refractivity (Wildman–Crippen MR) is 362 cm³/mol. The number of carbonyl (C=O) groups is 11. The van der Waals surface area contributed by atoms with E-state index in [1.54, 1.807) is 0 Å². The van der Waals surface area contributed by atoms with E-state index >= 15 is 0 Å². The largest absolute Gasteiger partial charge is 0.480 e. The molecule has 0 aliphatic rings. The fourth-order valence-corrected chi connectivity index (χ4v) is 9.76. The lowest BCUT2D eigenvalue weighted by atomic mass is 10.0. The lowest BCUT2D eigenvalue weighted by Gasteiger charge is -2.28. The van der Waals surface area contributed by atoms with Crippen molar-refractivity contribution >= 4 is 77.0 Å². The van der Waals surface area contributed by atoms with Gasteiger partial charge in [0.25, 0.3) is 0 Å². The van der Waals surface area contributed by atoms with Crippen molar-refractivity contribution in [3.8, 4) is 0 Å². The summed E-state index contributed by atoms with van der Waals surface area (Å²) in [6.45, 7) is 1.95. The Morgan fingerprint density at radius 2 is 0.474 bits per heavy atom. The van der Waals surface area contributed by atoms with E-state index in [9.17, 15) is 57.8 Å². The second-order valence-corrected chi connectivity index (χ2v) is 23.4. The number of guanidine groups is 2. The van der Waals surface area contributed by atoms with E-state index in [0.717, 1.165) is 0 Å². The van der Waals surface area contributed by atoms with E-state index in [1.807, 2.05) is 0 Å². The quantitative estimate of drug-likeness (QED) is 0.0153. The molecule has 95 heavy (non-hydrogen) atoms. The van der Waals surface area contributed by atoms with E-state index in [4.69, 9.17) is 74.5 Å². The first kappa shape index (κ1) is 87.4. The van der Waals surface area contributed by atoms with Crippen molar-refractivity contribution in [3.05, 3.63) is 0 Å². The molecule has 0 fully saturated rings. The third kappa shape index (κ3) is 41.1. The van der Waals surface area contributed by atoms with Gasteiger partial charge < -0.3 is 127 Å². The topological polar surface area (TPSA) is 679 Å². The molecule has 36 heteroatoms. The number of nitrogens with one attached hydrogen (secondary N) is 9. The van der Waals surface area contributed by atoms with E-state index < -0.39 is 125 Å². The van der Waals surface area contributed by atoms with Crippen molar-refractivity contribution in [1.29, 1.82) is 0 Å². The maximum absolute atomic E-state index is 14.6. The van der Waals surface area contributed by atoms with Crippen LogP contribution in [0, 0.1) is 0 Å². The van der Waals surface area contributed by atoms with Crippen molar-refractivity contribution < 1.29 is 57.8 Å². The highest BCUT2D eigenvalue weighted by atomic mass is 16.4. The highest BCUT2D eigenvalue weighted by Crippen LogP contribution is 2.14. The third-order valence-corrected chi connectivity index (χ3v) is 15.2. The molecule has 0 radical (unpaired) electrons. The van der Waals surface area contributed by atoms with Crippen molar-refractivity contribution in [2.24, 2.45) is 84.5 Å². The van der Waals surface area contributed by atoms with Gasteiger partial charge in [0.2, 0.25) is 59.1 Å². The lowest BCUT2D eigenvalue weighted by Crippen LogP contribution is -2.60. The number of carboxylic acids is 1. The van der Waals surface area contributed by atoms with Gasteiger partial charge in [-0.05, 0) is 213 Å². The zero-order valence-corrected chi connectivity index (χ0v) is 55.6. The van der Waals surface area contributed by atoms with E-state index in [0.29, 0.717) is 103 Å². The molecule has 0 aromatic rings. The van der Waals surface area contributed by atoms with Crippen LogP contribution < -0.4 is 122 Å². The monoisotopic (exact) mass is 1350 g/mol. The summed E-state index contributed by atoms with van der Waals surface area (Å²) in [6.07, 6.45) is 5.50. The number of carboxylic acid groups (broad SMARTS) is 1. The van der Waals surface area contributed by atoms with E-state index in [-0.39, 0.29) is 141 Å². The fourth-order valence-electron chi connectivity index (χ4n) is 9.76. The van der Waals surface area contributed by atoms with E-state index in [2.05, 4.69) is 57.8 Å². The molecular formula is C59H118N24O12. The Kier molecular flexibility index (Phi) is 49.3. The van der Waals surface area contributed by atoms with Crippen LogP contribution in [0.25, 0.3) is 0 Å². The summed E-state index contributed by atoms with van der Waals surface area (Å²) in [7, 11) is 0. The molecular weight excluding hydrogens is 1240 g/mol. The van der Waals surface area contributed by atoms with Crippen LogP contribution >= 0.6 is 0 Å². The normalized spacial score (nSPS) is 14.2. The second-order valence-electron chi connectivity index (χ2n) is 23.4. The highest BCUT2D eigenvalue weighted by molar-refractivity contribution is 5.98. The molecule has 0 aromatic carbocycles. The molecule has 0 aromatic heterocycles. The van der Waals surface area contributed by atoms with E-state index in [1.165, 1.54) is 0 Å². The number of aliphatic carboxylic acids is 1. The molecule has 0 aliphatic carbocycles. The van der Waals surface area contributed by atoms with Gasteiger partial charge in [0, 0.05) is 19.5 Å². The van der Waals surface area contributed by atoms with Crippen LogP contribution in [0.3, 0.4) is 0 Å². The van der Waals surface area contributed by atoms with Crippen LogP contribution in [-0.4, -0.2) is 201 Å². The summed E-state index contributed by atoms with van der Waals surface area (Å²) in [5.74, 6) is -9.79. The Bertz CT molecular complexity index is 2350. The van der Waals surface area contributed by atoms with Crippen molar-refractivity contribution in [1.82, 2.24) is 47.9 Å². The maximum Gasteiger partial charge on any atom is 0.326 e. The number of carbonyl (C=O) groups excluding carboxylic acids is 10. The third-order valence-electron chi connectivity index (χ3n) is 15.2. The number of rotatable bonds is 58. The molecule has 0 spiro atoms. The molecule has 36 nitrogen and oxygen atoms in total. The zero-order chi connectivity index (χ0) is 71.5. The van der Waals surface area contributed by atoms with Gasteiger partial charge in [-0.25, -0.2) is 4.79 Å². The van der Waals surface area contributed by atoms with Crippen molar-refractivity contribution in [3.63, 3.8) is 0 Å². The molecule has 0 heterocycles. The molecule has 546 valence electrons. The van der Waals surface area contributed by atoms with Crippen LogP contribution in [0.2, 0.25) is 0 Å². The number of unbranched alkanes of at least 4 members (excludes halogenated alkanes) is 7. The van der Waals surface area contributed by atoms with Crippen LogP contribution in [-0.2, 0) is 52.7 Å². The summed E-state index contributed by atoms with van der Waals surface area (Å²) in [4.78, 5) is 160. The molecule has 0 saturated heterocycles. The first-order chi connectivity index (χ1) is 45.3. The first-order valence-corrected chi connectivity index (χ1v) is 33.4. The van der Waals surface area contributed by atoms with Gasteiger partial charge in [-0.3, -0.25) is 57.9 Å². The number of hydrogen-bond donors (Lipinski definition) is 23. The Labute approximate surface area is 558 Å². The smallest absolute Gasteiger partial charge is 0.326 e. The molecule has 0 saturated carbocycles. The minimum absolute atomic E-state index is 0.0130. The predicted octanol–water partition coefficient (Wildman–Crippen LogP) is -6.96. The number of aliphatic imine (C=N–C) groups is 2. The number of nitrogens with two attached hydrogens (primary N) is 13. The van der Waals surface area contributed by atoms with Crippen molar-refractivity contribution in [2.75, 3.05) is 58.9 Å². The lowest BCUT2D eigenvalue weighted by molar-refractivity contribution is -0.142. The molecule has 10 amide bonds. The van der Waals surface area contributed by atoms with Gasteiger partial charge >= 0.3 is 5.97 Å². The van der Waals surface area contributed by atoms with Crippen LogP contribution in [0.4, 0.5) is 0 Å². The molecule has 0 aliphatic heterocycles. The molecule has 0 unspecified atom stereocenters. The number of amides is 10. The maximum atomic E-state index is 14.6. The highest BCUT2D eigenvalue weighted by Gasteiger charge is 2.36. The van der Waals surface area contributed by atoms with Gasteiger partial charge in [0.15, 0.2) is 11.9 Å². The fraction of sp³-hybridized carbons (Fsp3) is 0.780. The zero-order valence-electron chi connectivity index (χ0n) is 55.6. The van der Waals surface area contributed by atoms with Gasteiger partial charge in [0.1, 0.15) is 54.4 Å². The molecule has 0 bridgehead atoms. The summed E-state index contributed by atoms with van der Waals surface area (Å²) in [5, 5.41) is 33.9. The molecule has 0 rings (SSSR count). The molecule has 36 N–H and O–H groups in total.